The van der Waals surface area contributed by atoms with Crippen LogP contribution in [0.1, 0.15) is 29.6 Å². The van der Waals surface area contributed by atoms with Gasteiger partial charge in [0.15, 0.2) is 0 Å². The third-order valence-electron chi connectivity index (χ3n) is 2.06. The lowest BCUT2D eigenvalue weighted by Gasteiger charge is -2.04. The molecule has 0 saturated carbocycles. The van der Waals surface area contributed by atoms with Crippen molar-refractivity contribution in [1.29, 1.82) is 0 Å². The molecule has 0 atom stereocenters. The first-order valence-corrected chi connectivity index (χ1v) is 5.72. The predicted octanol–water partition coefficient (Wildman–Crippen LogP) is 2.36. The topological polar surface area (TPSA) is 42.0 Å². The molecular weight excluding hydrogens is 231 g/mol. The van der Waals surface area contributed by atoms with E-state index in [1.165, 1.54) is 12.3 Å². The molecule has 0 unspecified atom stereocenters. The quantitative estimate of drug-likeness (QED) is 0.617. The van der Waals surface area contributed by atoms with Crippen LogP contribution in [-0.4, -0.2) is 23.3 Å². The number of nitrogens with zero attached hydrogens (tertiary/aromatic N) is 1. The van der Waals surface area contributed by atoms with Crippen LogP contribution in [0.2, 0.25) is 0 Å². The Kier molecular flexibility index (Phi) is 5.78. The molecule has 1 N–H and O–H groups in total. The van der Waals surface area contributed by atoms with Gasteiger partial charge < -0.3 is 5.32 Å². The van der Waals surface area contributed by atoms with Gasteiger partial charge in [-0.1, -0.05) is 6.42 Å². The molecule has 0 spiro atoms. The van der Waals surface area contributed by atoms with E-state index in [9.17, 15) is 9.18 Å². The van der Waals surface area contributed by atoms with Gasteiger partial charge >= 0.3 is 0 Å². The Morgan fingerprint density at radius 1 is 1.38 bits per heavy atom. The number of hydrogen-bond donors (Lipinski definition) is 1. The Morgan fingerprint density at radius 3 is 2.88 bits per heavy atom. The number of rotatable bonds is 6. The van der Waals surface area contributed by atoms with Gasteiger partial charge in [-0.3, -0.25) is 9.78 Å². The molecule has 0 aliphatic heterocycles. The largest absolute Gasteiger partial charge is 0.352 e. The number of halogens is 2. The monoisotopic (exact) mass is 244 g/mol. The minimum Gasteiger partial charge on any atom is -0.352 e. The highest BCUT2D eigenvalue weighted by atomic mass is 35.5. The molecule has 1 heterocycles. The summed E-state index contributed by atoms with van der Waals surface area (Å²) >= 11 is 5.52. The Balaban J connectivity index is 2.30. The molecule has 1 rings (SSSR count). The molecule has 0 radical (unpaired) electrons. The van der Waals surface area contributed by atoms with Gasteiger partial charge in [-0.2, -0.15) is 0 Å². The molecule has 1 aromatic heterocycles. The second kappa shape index (κ2) is 7.17. The summed E-state index contributed by atoms with van der Waals surface area (Å²) in [5.41, 5.74) is 0.248. The number of alkyl halides is 1. The Morgan fingerprint density at radius 2 is 2.19 bits per heavy atom. The van der Waals surface area contributed by atoms with Crippen LogP contribution in [0.15, 0.2) is 18.5 Å². The maximum Gasteiger partial charge on any atom is 0.252 e. The maximum atomic E-state index is 12.8. The third-order valence-corrected chi connectivity index (χ3v) is 2.33. The summed E-state index contributed by atoms with van der Waals surface area (Å²) < 4.78 is 12.8. The smallest absolute Gasteiger partial charge is 0.252 e. The summed E-state index contributed by atoms with van der Waals surface area (Å²) in [5, 5.41) is 2.70. The van der Waals surface area contributed by atoms with Crippen molar-refractivity contribution in [2.75, 3.05) is 12.4 Å². The van der Waals surface area contributed by atoms with E-state index in [-0.39, 0.29) is 11.5 Å². The van der Waals surface area contributed by atoms with Crippen molar-refractivity contribution >= 4 is 17.5 Å². The summed E-state index contributed by atoms with van der Waals surface area (Å²) in [6.07, 6.45) is 5.21. The zero-order valence-electron chi connectivity index (χ0n) is 8.88. The van der Waals surface area contributed by atoms with Gasteiger partial charge in [-0.15, -0.1) is 11.6 Å². The highest BCUT2D eigenvalue weighted by Crippen LogP contribution is 2.01. The third kappa shape index (κ3) is 4.57. The maximum absolute atomic E-state index is 12.8. The van der Waals surface area contributed by atoms with Crippen LogP contribution in [0.3, 0.4) is 0 Å². The molecule has 16 heavy (non-hydrogen) atoms. The molecule has 1 aromatic rings. The van der Waals surface area contributed by atoms with Crippen LogP contribution in [0.4, 0.5) is 4.39 Å². The number of aromatic nitrogens is 1. The summed E-state index contributed by atoms with van der Waals surface area (Å²) in [6, 6.07) is 1.17. The number of amides is 1. The zero-order chi connectivity index (χ0) is 11.8. The lowest BCUT2D eigenvalue weighted by atomic mass is 10.2. The lowest BCUT2D eigenvalue weighted by Crippen LogP contribution is -2.24. The van der Waals surface area contributed by atoms with E-state index < -0.39 is 5.82 Å². The van der Waals surface area contributed by atoms with Gasteiger partial charge in [-0.25, -0.2) is 4.39 Å². The number of carbonyl (C=O) groups is 1. The molecule has 88 valence electrons. The number of carbonyl (C=O) groups excluding carboxylic acids is 1. The molecule has 1 amide bonds. The summed E-state index contributed by atoms with van der Waals surface area (Å²) in [6.45, 7) is 0.576. The van der Waals surface area contributed by atoms with Crippen LogP contribution >= 0.6 is 11.6 Å². The van der Waals surface area contributed by atoms with Crippen molar-refractivity contribution < 1.29 is 9.18 Å². The fraction of sp³-hybridized carbons (Fsp3) is 0.455. The first-order valence-electron chi connectivity index (χ1n) is 5.19. The second-order valence-corrected chi connectivity index (χ2v) is 3.78. The van der Waals surface area contributed by atoms with Crippen LogP contribution < -0.4 is 5.32 Å². The van der Waals surface area contributed by atoms with Gasteiger partial charge in [0.25, 0.3) is 5.91 Å². The second-order valence-electron chi connectivity index (χ2n) is 3.40. The number of nitrogens with one attached hydrogen (secondary N) is 1. The van der Waals surface area contributed by atoms with Crippen molar-refractivity contribution in [1.82, 2.24) is 10.3 Å². The SMILES string of the molecule is O=C(NCCCCCCl)c1cncc(F)c1. The summed E-state index contributed by atoms with van der Waals surface area (Å²) in [7, 11) is 0. The van der Waals surface area contributed by atoms with Crippen LogP contribution in [0, 0.1) is 5.82 Å². The van der Waals surface area contributed by atoms with E-state index in [0.29, 0.717) is 12.4 Å². The highest BCUT2D eigenvalue weighted by Gasteiger charge is 2.05. The zero-order valence-corrected chi connectivity index (χ0v) is 9.63. The fourth-order valence-electron chi connectivity index (χ4n) is 1.24. The highest BCUT2D eigenvalue weighted by molar-refractivity contribution is 6.17. The number of hydrogen-bond acceptors (Lipinski definition) is 2. The molecule has 0 aromatic carbocycles. The fourth-order valence-corrected chi connectivity index (χ4v) is 1.43. The Bertz CT molecular complexity index is 347. The lowest BCUT2D eigenvalue weighted by molar-refractivity contribution is 0.0952. The standard InChI is InChI=1S/C11H14ClFN2O/c12-4-2-1-3-5-15-11(16)9-6-10(13)8-14-7-9/h6-8H,1-5H2,(H,15,16). The molecule has 3 nitrogen and oxygen atoms in total. The van der Waals surface area contributed by atoms with Crippen molar-refractivity contribution in [3.8, 4) is 0 Å². The average Bonchev–Trinajstić information content (AvgIpc) is 2.28. The van der Waals surface area contributed by atoms with Gasteiger partial charge in [0.1, 0.15) is 5.82 Å². The first kappa shape index (κ1) is 12.9. The molecule has 0 saturated heterocycles. The predicted molar refractivity (Wildman–Crippen MR) is 61.1 cm³/mol. The van der Waals surface area contributed by atoms with E-state index in [1.807, 2.05) is 0 Å². The van der Waals surface area contributed by atoms with Gasteiger partial charge in [-0.05, 0) is 18.9 Å². The van der Waals surface area contributed by atoms with E-state index in [2.05, 4.69) is 10.3 Å². The molecule has 0 aliphatic carbocycles. The first-order chi connectivity index (χ1) is 7.74. The van der Waals surface area contributed by atoms with Gasteiger partial charge in [0, 0.05) is 18.6 Å². The molecule has 5 heteroatoms. The minimum atomic E-state index is -0.505. The average molecular weight is 245 g/mol. The van der Waals surface area contributed by atoms with Crippen molar-refractivity contribution in [3.63, 3.8) is 0 Å². The van der Waals surface area contributed by atoms with E-state index in [4.69, 9.17) is 11.6 Å². The summed E-state index contributed by atoms with van der Waals surface area (Å²) in [4.78, 5) is 15.1. The van der Waals surface area contributed by atoms with Crippen LogP contribution in [0.25, 0.3) is 0 Å². The van der Waals surface area contributed by atoms with Crippen molar-refractivity contribution in [2.45, 2.75) is 19.3 Å². The molecule has 0 fully saturated rings. The minimum absolute atomic E-state index is 0.248. The normalized spacial score (nSPS) is 10.1. The van der Waals surface area contributed by atoms with Crippen molar-refractivity contribution in [2.24, 2.45) is 0 Å². The number of unbranched alkanes of at least 4 members (excludes halogenated alkanes) is 2. The van der Waals surface area contributed by atoms with Gasteiger partial charge in [0.05, 0.1) is 11.8 Å². The van der Waals surface area contributed by atoms with Crippen molar-refractivity contribution in [3.05, 3.63) is 29.8 Å². The number of pyridine rings is 1. The molecule has 0 aliphatic rings. The Hall–Kier alpha value is -1.16. The van der Waals surface area contributed by atoms with Crippen LogP contribution in [0.5, 0.6) is 0 Å². The van der Waals surface area contributed by atoms with E-state index in [0.717, 1.165) is 25.5 Å². The summed E-state index contributed by atoms with van der Waals surface area (Å²) in [5.74, 6) is -0.158. The van der Waals surface area contributed by atoms with E-state index >= 15 is 0 Å². The Labute approximate surface area is 99.0 Å². The van der Waals surface area contributed by atoms with Crippen LogP contribution in [-0.2, 0) is 0 Å². The molecular formula is C11H14ClFN2O. The van der Waals surface area contributed by atoms with Gasteiger partial charge in [0.2, 0.25) is 0 Å². The molecule has 0 bridgehead atoms. The van der Waals surface area contributed by atoms with E-state index in [1.54, 1.807) is 0 Å².